The summed E-state index contributed by atoms with van der Waals surface area (Å²) < 4.78 is 14.0. The summed E-state index contributed by atoms with van der Waals surface area (Å²) >= 11 is 0. The lowest BCUT2D eigenvalue weighted by molar-refractivity contribution is 0.207. The van der Waals surface area contributed by atoms with Crippen molar-refractivity contribution in [2.45, 2.75) is 19.8 Å². The Balaban J connectivity index is 1.94. The van der Waals surface area contributed by atoms with Crippen LogP contribution in [-0.2, 0) is 0 Å². The average molecular weight is 330 g/mol. The molecule has 0 spiro atoms. The highest BCUT2D eigenvalue weighted by Gasteiger charge is 2.16. The Morgan fingerprint density at radius 2 is 2.25 bits per heavy atom. The number of nitrogens with one attached hydrogen (secondary N) is 1. The summed E-state index contributed by atoms with van der Waals surface area (Å²) in [5, 5.41) is 3.39. The van der Waals surface area contributed by atoms with Crippen molar-refractivity contribution in [3.63, 3.8) is 0 Å². The molecule has 1 aliphatic rings. The first-order chi connectivity index (χ1) is 11.6. The van der Waals surface area contributed by atoms with Gasteiger partial charge in [-0.05, 0) is 52.1 Å². The van der Waals surface area contributed by atoms with Crippen LogP contribution in [0.4, 0.5) is 4.39 Å². The van der Waals surface area contributed by atoms with E-state index in [-0.39, 0.29) is 5.82 Å². The lowest BCUT2D eigenvalue weighted by atomic mass is 9.99. The van der Waals surface area contributed by atoms with Gasteiger partial charge in [-0.3, -0.25) is 15.3 Å². The summed E-state index contributed by atoms with van der Waals surface area (Å²) in [5.41, 5.74) is 1.92. The van der Waals surface area contributed by atoms with Crippen LogP contribution in [0, 0.1) is 11.7 Å². The first-order valence-electron chi connectivity index (χ1n) is 8.43. The highest BCUT2D eigenvalue weighted by atomic mass is 19.1. The van der Waals surface area contributed by atoms with E-state index in [1.807, 2.05) is 6.92 Å². The van der Waals surface area contributed by atoms with Crippen LogP contribution in [0.1, 0.15) is 25.3 Å². The first kappa shape index (κ1) is 18.5. The van der Waals surface area contributed by atoms with Crippen molar-refractivity contribution in [1.82, 2.24) is 10.2 Å². The molecule has 1 fully saturated rings. The minimum absolute atomic E-state index is 0.278. The number of piperidine rings is 1. The van der Waals surface area contributed by atoms with Gasteiger partial charge in [0.2, 0.25) is 0 Å². The Morgan fingerprint density at radius 1 is 1.46 bits per heavy atom. The number of aliphatic imine (C=N–C) groups is 2. The molecule has 1 saturated heterocycles. The second-order valence-corrected chi connectivity index (χ2v) is 6.33. The van der Waals surface area contributed by atoms with E-state index in [0.29, 0.717) is 23.7 Å². The van der Waals surface area contributed by atoms with Crippen molar-refractivity contribution in [3.8, 4) is 0 Å². The van der Waals surface area contributed by atoms with E-state index in [0.717, 1.165) is 18.8 Å². The highest BCUT2D eigenvalue weighted by Crippen LogP contribution is 2.20. The third-order valence-corrected chi connectivity index (χ3v) is 4.36. The summed E-state index contributed by atoms with van der Waals surface area (Å²) in [6, 6.07) is 6.65. The second-order valence-electron chi connectivity index (χ2n) is 6.33. The first-order valence-corrected chi connectivity index (χ1v) is 8.43. The molecular weight excluding hydrogens is 303 g/mol. The van der Waals surface area contributed by atoms with Gasteiger partial charge in [-0.15, -0.1) is 0 Å². The number of allylic oxidation sites excluding steroid dienone is 1. The van der Waals surface area contributed by atoms with Gasteiger partial charge in [0.1, 0.15) is 5.82 Å². The maximum absolute atomic E-state index is 14.0. The zero-order chi connectivity index (χ0) is 17.4. The van der Waals surface area contributed by atoms with Crippen LogP contribution < -0.4 is 5.32 Å². The summed E-state index contributed by atoms with van der Waals surface area (Å²) in [6.45, 7) is 9.16. The van der Waals surface area contributed by atoms with Gasteiger partial charge in [0.15, 0.2) is 0 Å². The molecule has 1 N–H and O–H groups in total. The average Bonchev–Trinajstić information content (AvgIpc) is 2.57. The zero-order valence-corrected chi connectivity index (χ0v) is 14.6. The van der Waals surface area contributed by atoms with Gasteiger partial charge in [-0.25, -0.2) is 4.39 Å². The molecule has 1 aliphatic heterocycles. The Labute approximate surface area is 144 Å². The molecule has 1 unspecified atom stereocenters. The van der Waals surface area contributed by atoms with Crippen LogP contribution in [-0.4, -0.2) is 50.7 Å². The fraction of sp³-hybridized carbons (Fsp3) is 0.474. The maximum atomic E-state index is 14.0. The van der Waals surface area contributed by atoms with Crippen molar-refractivity contribution < 1.29 is 4.39 Å². The Morgan fingerprint density at radius 3 is 2.96 bits per heavy atom. The predicted molar refractivity (Wildman–Crippen MR) is 100 cm³/mol. The van der Waals surface area contributed by atoms with Gasteiger partial charge in [0, 0.05) is 36.1 Å². The Hall–Kier alpha value is -1.85. The van der Waals surface area contributed by atoms with E-state index >= 15 is 0 Å². The van der Waals surface area contributed by atoms with Gasteiger partial charge in [0.05, 0.1) is 6.67 Å². The quantitative estimate of drug-likeness (QED) is 0.616. The van der Waals surface area contributed by atoms with Crippen molar-refractivity contribution in [1.29, 1.82) is 0 Å². The van der Waals surface area contributed by atoms with Crippen LogP contribution in [0.25, 0.3) is 5.57 Å². The van der Waals surface area contributed by atoms with Crippen molar-refractivity contribution >= 4 is 18.0 Å². The SMILES string of the molecule is C=N/C=C(\C(C)=N/CNCC1CCCN(C)C1)c1ccccc1F. The van der Waals surface area contributed by atoms with Crippen LogP contribution >= 0.6 is 0 Å². The second kappa shape index (κ2) is 9.45. The number of hydrogen-bond acceptors (Lipinski definition) is 4. The fourth-order valence-corrected chi connectivity index (χ4v) is 3.10. The Bertz CT molecular complexity index is 609. The molecule has 1 atom stereocenters. The van der Waals surface area contributed by atoms with Gasteiger partial charge in [-0.2, -0.15) is 0 Å². The molecule has 1 aromatic rings. The minimum atomic E-state index is -0.278. The van der Waals surface area contributed by atoms with Gasteiger partial charge in [-0.1, -0.05) is 18.2 Å². The smallest absolute Gasteiger partial charge is 0.131 e. The van der Waals surface area contributed by atoms with Crippen LogP contribution in [0.3, 0.4) is 0 Å². The number of halogens is 1. The van der Waals surface area contributed by atoms with E-state index in [2.05, 4.69) is 34.0 Å². The molecule has 0 bridgehead atoms. The number of nitrogens with zero attached hydrogens (tertiary/aromatic N) is 3. The molecule has 24 heavy (non-hydrogen) atoms. The molecule has 130 valence electrons. The molecule has 0 aromatic heterocycles. The standard InChI is InChI=1S/C19H27FN4/c1-15(18(12-21-2)17-8-4-5-9-19(17)20)23-14-22-11-16-7-6-10-24(3)13-16/h4-5,8-9,12,16,22H,2,6-7,10-11,13-14H2,1,3H3/b18-12+,23-15-. The van der Waals surface area contributed by atoms with Crippen LogP contribution in [0.2, 0.25) is 0 Å². The minimum Gasteiger partial charge on any atom is -0.306 e. The van der Waals surface area contributed by atoms with Crippen molar-refractivity contribution in [2.75, 3.05) is 33.4 Å². The topological polar surface area (TPSA) is 40.0 Å². The maximum Gasteiger partial charge on any atom is 0.131 e. The predicted octanol–water partition coefficient (Wildman–Crippen LogP) is 3.22. The van der Waals surface area contributed by atoms with Gasteiger partial charge < -0.3 is 4.90 Å². The van der Waals surface area contributed by atoms with Crippen molar-refractivity contribution in [2.24, 2.45) is 15.9 Å². The molecule has 0 aliphatic carbocycles. The van der Waals surface area contributed by atoms with Gasteiger partial charge in [0.25, 0.3) is 0 Å². The molecular formula is C19H27FN4. The molecule has 1 aromatic carbocycles. The van der Waals surface area contributed by atoms with Crippen LogP contribution in [0.5, 0.6) is 0 Å². The zero-order valence-electron chi connectivity index (χ0n) is 14.6. The largest absolute Gasteiger partial charge is 0.306 e. The third kappa shape index (κ3) is 5.35. The van der Waals surface area contributed by atoms with E-state index in [4.69, 9.17) is 0 Å². The molecule has 0 radical (unpaired) electrons. The monoisotopic (exact) mass is 330 g/mol. The number of benzene rings is 1. The van der Waals surface area contributed by atoms with E-state index in [9.17, 15) is 4.39 Å². The number of likely N-dealkylation sites (tertiary alicyclic amines) is 1. The summed E-state index contributed by atoms with van der Waals surface area (Å²) in [6.07, 6.45) is 4.09. The third-order valence-electron chi connectivity index (χ3n) is 4.36. The molecule has 1 heterocycles. The summed E-state index contributed by atoms with van der Waals surface area (Å²) in [4.78, 5) is 10.7. The van der Waals surface area contributed by atoms with E-state index in [1.165, 1.54) is 25.5 Å². The van der Waals surface area contributed by atoms with Crippen molar-refractivity contribution in [3.05, 3.63) is 41.8 Å². The lowest BCUT2D eigenvalue weighted by Gasteiger charge is -2.29. The normalized spacial score (nSPS) is 20.2. The van der Waals surface area contributed by atoms with Gasteiger partial charge >= 0.3 is 0 Å². The molecule has 4 nitrogen and oxygen atoms in total. The molecule has 5 heteroatoms. The lowest BCUT2D eigenvalue weighted by Crippen LogP contribution is -2.37. The highest BCUT2D eigenvalue weighted by molar-refractivity contribution is 6.22. The molecule has 2 rings (SSSR count). The van der Waals surface area contributed by atoms with Crippen LogP contribution in [0.15, 0.2) is 40.5 Å². The fourth-order valence-electron chi connectivity index (χ4n) is 3.10. The number of rotatable bonds is 7. The molecule has 0 saturated carbocycles. The number of hydrogen-bond donors (Lipinski definition) is 1. The Kier molecular flexibility index (Phi) is 7.28. The summed E-state index contributed by atoms with van der Waals surface area (Å²) in [5.74, 6) is 0.399. The summed E-state index contributed by atoms with van der Waals surface area (Å²) in [7, 11) is 2.17. The van der Waals surface area contributed by atoms with E-state index in [1.54, 1.807) is 24.4 Å². The molecule has 0 amide bonds. The van der Waals surface area contributed by atoms with E-state index < -0.39 is 0 Å².